The van der Waals surface area contributed by atoms with E-state index >= 15 is 0 Å². The van der Waals surface area contributed by atoms with Crippen molar-refractivity contribution in [1.29, 1.82) is 0 Å². The SMILES string of the molecule is CCOC(=O)c1c(F)ccn1NC(=O)NC(=O)C(Cl)(Cl)Cl. The van der Waals surface area contributed by atoms with Gasteiger partial charge in [-0.15, -0.1) is 0 Å². The van der Waals surface area contributed by atoms with E-state index in [2.05, 4.69) is 4.74 Å². The lowest BCUT2D eigenvalue weighted by Crippen LogP contribution is -2.44. The van der Waals surface area contributed by atoms with E-state index < -0.39 is 33.2 Å². The third-order valence-corrected chi connectivity index (χ3v) is 2.53. The van der Waals surface area contributed by atoms with Gasteiger partial charge in [0.1, 0.15) is 0 Å². The Bertz CT molecular complexity index is 570. The number of esters is 1. The normalized spacial score (nSPS) is 10.9. The van der Waals surface area contributed by atoms with Crippen molar-refractivity contribution in [3.8, 4) is 0 Å². The smallest absolute Gasteiger partial charge is 0.359 e. The van der Waals surface area contributed by atoms with Gasteiger partial charge in [0.2, 0.25) is 0 Å². The van der Waals surface area contributed by atoms with Crippen LogP contribution in [0.4, 0.5) is 9.18 Å². The number of hydrogen-bond donors (Lipinski definition) is 2. The van der Waals surface area contributed by atoms with E-state index in [4.69, 9.17) is 34.8 Å². The Hall–Kier alpha value is -1.51. The van der Waals surface area contributed by atoms with Crippen LogP contribution in [0.2, 0.25) is 0 Å². The third kappa shape index (κ3) is 4.76. The molecule has 0 aromatic carbocycles. The minimum Gasteiger partial charge on any atom is -0.461 e. The summed E-state index contributed by atoms with van der Waals surface area (Å²) in [4.78, 5) is 34.3. The van der Waals surface area contributed by atoms with E-state index in [9.17, 15) is 18.8 Å². The minimum atomic E-state index is -2.34. The van der Waals surface area contributed by atoms with E-state index in [1.165, 1.54) is 6.92 Å². The van der Waals surface area contributed by atoms with Crippen molar-refractivity contribution in [3.05, 3.63) is 23.8 Å². The molecule has 0 spiro atoms. The molecule has 0 aliphatic heterocycles. The summed E-state index contributed by atoms with van der Waals surface area (Å²) in [6.45, 7) is 1.55. The Morgan fingerprint density at radius 3 is 2.52 bits per heavy atom. The van der Waals surface area contributed by atoms with Crippen LogP contribution in [0.1, 0.15) is 17.4 Å². The van der Waals surface area contributed by atoms with E-state index in [-0.39, 0.29) is 6.61 Å². The summed E-state index contributed by atoms with van der Waals surface area (Å²) in [5.41, 5.74) is 1.45. The summed E-state index contributed by atoms with van der Waals surface area (Å²) < 4.78 is 16.5. The minimum absolute atomic E-state index is 0.0153. The number of carbonyl (C=O) groups excluding carboxylic acids is 3. The molecule has 0 fully saturated rings. The summed E-state index contributed by atoms with van der Waals surface area (Å²) in [6, 6.07) is -0.212. The number of nitrogens with zero attached hydrogens (tertiary/aromatic N) is 1. The monoisotopic (exact) mass is 359 g/mol. The van der Waals surface area contributed by atoms with Crippen molar-refractivity contribution in [2.24, 2.45) is 0 Å². The Morgan fingerprint density at radius 2 is 2.00 bits per heavy atom. The summed E-state index contributed by atoms with van der Waals surface area (Å²) in [5.74, 6) is -3.12. The first kappa shape index (κ1) is 17.5. The van der Waals surface area contributed by atoms with Crippen LogP contribution in [-0.4, -0.2) is 33.0 Å². The first-order valence-corrected chi connectivity index (χ1v) is 6.53. The maximum absolute atomic E-state index is 13.5. The standard InChI is InChI=1S/C10H9Cl3FN3O4/c1-2-21-7(18)6-5(14)3-4-17(6)16-9(20)15-8(19)10(11,12)13/h3-4H,2H2,1H3,(H2,15,16,19,20). The Morgan fingerprint density at radius 1 is 1.38 bits per heavy atom. The molecule has 0 aliphatic carbocycles. The van der Waals surface area contributed by atoms with E-state index in [1.807, 2.05) is 5.43 Å². The highest BCUT2D eigenvalue weighted by Gasteiger charge is 2.32. The molecule has 0 aliphatic rings. The van der Waals surface area contributed by atoms with Crippen LogP contribution in [0, 0.1) is 5.82 Å². The van der Waals surface area contributed by atoms with Gasteiger partial charge in [-0.2, -0.15) is 0 Å². The number of imide groups is 1. The van der Waals surface area contributed by atoms with Gasteiger partial charge in [-0.3, -0.25) is 10.1 Å². The Balaban J connectivity index is 2.82. The molecular weight excluding hydrogens is 351 g/mol. The lowest BCUT2D eigenvalue weighted by Gasteiger charge is -2.13. The number of ether oxygens (including phenoxy) is 1. The quantitative estimate of drug-likeness (QED) is 0.637. The molecule has 1 aromatic rings. The number of urea groups is 1. The fourth-order valence-electron chi connectivity index (χ4n) is 1.21. The second kappa shape index (κ2) is 6.97. The van der Waals surface area contributed by atoms with Crippen molar-refractivity contribution in [3.63, 3.8) is 0 Å². The number of aromatic nitrogens is 1. The van der Waals surface area contributed by atoms with E-state index in [0.29, 0.717) is 0 Å². The summed E-state index contributed by atoms with van der Waals surface area (Å²) in [6.07, 6.45) is 1.04. The highest BCUT2D eigenvalue weighted by atomic mass is 35.6. The summed E-state index contributed by atoms with van der Waals surface area (Å²) in [7, 11) is 0. The number of amides is 3. The Labute approximate surface area is 133 Å². The fraction of sp³-hybridized carbons (Fsp3) is 0.300. The molecule has 0 saturated heterocycles. The molecule has 2 N–H and O–H groups in total. The zero-order valence-electron chi connectivity index (χ0n) is 10.5. The lowest BCUT2D eigenvalue weighted by molar-refractivity contribution is -0.119. The lowest BCUT2D eigenvalue weighted by atomic mass is 10.4. The van der Waals surface area contributed by atoms with Crippen molar-refractivity contribution >= 4 is 52.7 Å². The van der Waals surface area contributed by atoms with E-state index in [0.717, 1.165) is 16.9 Å². The van der Waals surface area contributed by atoms with E-state index in [1.54, 1.807) is 5.32 Å². The maximum Gasteiger partial charge on any atom is 0.359 e. The first-order valence-electron chi connectivity index (χ1n) is 5.40. The van der Waals surface area contributed by atoms with Gasteiger partial charge in [0.05, 0.1) is 6.61 Å². The van der Waals surface area contributed by atoms with Gasteiger partial charge in [0.15, 0.2) is 11.5 Å². The molecule has 7 nitrogen and oxygen atoms in total. The maximum atomic E-state index is 13.5. The molecule has 1 heterocycles. The predicted octanol–water partition coefficient (Wildman–Crippen LogP) is 1.95. The molecular formula is C10H9Cl3FN3O4. The third-order valence-electron chi connectivity index (χ3n) is 2.01. The highest BCUT2D eigenvalue weighted by Crippen LogP contribution is 2.25. The zero-order chi connectivity index (χ0) is 16.2. The zero-order valence-corrected chi connectivity index (χ0v) is 12.7. The number of nitrogens with one attached hydrogen (secondary N) is 2. The molecule has 11 heteroatoms. The molecule has 116 valence electrons. The van der Waals surface area contributed by atoms with Crippen molar-refractivity contribution in [2.75, 3.05) is 12.0 Å². The van der Waals surface area contributed by atoms with Gasteiger partial charge in [-0.25, -0.2) is 24.1 Å². The van der Waals surface area contributed by atoms with Gasteiger partial charge in [-0.05, 0) is 13.0 Å². The average molecular weight is 361 g/mol. The highest BCUT2D eigenvalue weighted by molar-refractivity contribution is 6.76. The van der Waals surface area contributed by atoms with Crippen LogP contribution < -0.4 is 10.7 Å². The summed E-state index contributed by atoms with van der Waals surface area (Å²) >= 11 is 15.8. The molecule has 1 aromatic heterocycles. The van der Waals surface area contributed by atoms with Crippen molar-refractivity contribution < 1.29 is 23.5 Å². The van der Waals surface area contributed by atoms with Crippen molar-refractivity contribution in [1.82, 2.24) is 9.99 Å². The van der Waals surface area contributed by atoms with Crippen LogP contribution in [-0.2, 0) is 9.53 Å². The topological polar surface area (TPSA) is 89.4 Å². The molecule has 0 saturated carbocycles. The first-order chi connectivity index (χ1) is 9.66. The second-order valence-corrected chi connectivity index (χ2v) is 5.78. The largest absolute Gasteiger partial charge is 0.461 e. The van der Waals surface area contributed by atoms with Gasteiger partial charge in [0.25, 0.3) is 9.70 Å². The molecule has 0 atom stereocenters. The molecule has 0 unspecified atom stereocenters. The number of hydrogen-bond acceptors (Lipinski definition) is 4. The van der Waals surface area contributed by atoms with Gasteiger partial charge < -0.3 is 4.74 Å². The Kier molecular flexibility index (Phi) is 5.82. The second-order valence-electron chi connectivity index (χ2n) is 3.50. The van der Waals surface area contributed by atoms with Gasteiger partial charge in [0, 0.05) is 6.20 Å². The van der Waals surface area contributed by atoms with Crippen molar-refractivity contribution in [2.45, 2.75) is 10.7 Å². The number of alkyl halides is 3. The van der Waals surface area contributed by atoms with Crippen LogP contribution in [0.15, 0.2) is 12.3 Å². The van der Waals surface area contributed by atoms with Gasteiger partial charge >= 0.3 is 12.0 Å². The molecule has 0 bridgehead atoms. The molecule has 0 radical (unpaired) electrons. The van der Waals surface area contributed by atoms with Crippen LogP contribution >= 0.6 is 34.8 Å². The molecule has 21 heavy (non-hydrogen) atoms. The average Bonchev–Trinajstić information content (AvgIpc) is 2.69. The number of rotatable bonds is 3. The summed E-state index contributed by atoms with van der Waals surface area (Å²) in [5, 5.41) is 1.70. The molecule has 3 amide bonds. The predicted molar refractivity (Wildman–Crippen MR) is 73.5 cm³/mol. The van der Waals surface area contributed by atoms with Gasteiger partial charge in [-0.1, -0.05) is 34.8 Å². The van der Waals surface area contributed by atoms with Crippen LogP contribution in [0.25, 0.3) is 0 Å². The number of carbonyl (C=O) groups is 3. The number of halogens is 4. The van der Waals surface area contributed by atoms with Crippen LogP contribution in [0.3, 0.4) is 0 Å². The molecule has 1 rings (SSSR count). The fourth-order valence-corrected chi connectivity index (χ4v) is 1.35. The van der Waals surface area contributed by atoms with Crippen LogP contribution in [0.5, 0.6) is 0 Å².